The third-order valence-corrected chi connectivity index (χ3v) is 8.03. The summed E-state index contributed by atoms with van der Waals surface area (Å²) in [6.45, 7) is 4.08. The van der Waals surface area contributed by atoms with Crippen molar-refractivity contribution < 1.29 is 0 Å². The lowest BCUT2D eigenvalue weighted by Crippen LogP contribution is -2.18. The highest BCUT2D eigenvalue weighted by Gasteiger charge is 2.26. The summed E-state index contributed by atoms with van der Waals surface area (Å²) in [6.07, 6.45) is 16.2. The molecule has 0 rings (SSSR count). The Balaban J connectivity index is 3.34. The van der Waals surface area contributed by atoms with Crippen LogP contribution in [0.15, 0.2) is 12.7 Å². The highest BCUT2D eigenvalue weighted by Crippen LogP contribution is 2.30. The van der Waals surface area contributed by atoms with Crippen molar-refractivity contribution in [1.29, 1.82) is 0 Å². The molecule has 0 aromatic rings. The molecule has 0 atom stereocenters. The largest absolute Gasteiger partial charge is 0.251 e. The van der Waals surface area contributed by atoms with Crippen molar-refractivity contribution in [3.63, 3.8) is 0 Å². The molecule has 0 aliphatic rings. The van der Waals surface area contributed by atoms with Crippen LogP contribution in [-0.4, -0.2) is 6.69 Å². The average molecular weight is 323 g/mol. The maximum atomic E-state index is 6.49. The standard InChI is InChI=1S/C16H32Cl2Si/c1-3-5-7-9-10-11-12-14-16-19(17,18)15-13-8-6-4-2/h3H,1,4-16H2,2H3. The van der Waals surface area contributed by atoms with Crippen LogP contribution in [0.4, 0.5) is 0 Å². The minimum Gasteiger partial charge on any atom is -0.146 e. The van der Waals surface area contributed by atoms with E-state index in [2.05, 4.69) is 13.5 Å². The predicted molar refractivity (Wildman–Crippen MR) is 93.7 cm³/mol. The second-order valence-electron chi connectivity index (χ2n) is 5.62. The molecule has 0 unspecified atom stereocenters. The fourth-order valence-electron chi connectivity index (χ4n) is 2.31. The number of hydrogen-bond donors (Lipinski definition) is 0. The van der Waals surface area contributed by atoms with Gasteiger partial charge in [0.1, 0.15) is 0 Å². The van der Waals surface area contributed by atoms with Crippen LogP contribution >= 0.6 is 22.2 Å². The van der Waals surface area contributed by atoms with Gasteiger partial charge in [-0.05, 0) is 24.9 Å². The van der Waals surface area contributed by atoms with Gasteiger partial charge in [0.15, 0.2) is 0 Å². The summed E-state index contributed by atoms with van der Waals surface area (Å²) in [6, 6.07) is 2.18. The highest BCUT2D eigenvalue weighted by atomic mass is 35.7. The van der Waals surface area contributed by atoms with Crippen molar-refractivity contribution in [1.82, 2.24) is 0 Å². The normalized spacial score (nSPS) is 11.7. The first kappa shape index (κ1) is 19.5. The van der Waals surface area contributed by atoms with Crippen molar-refractivity contribution in [2.45, 2.75) is 89.6 Å². The van der Waals surface area contributed by atoms with E-state index in [0.717, 1.165) is 18.5 Å². The smallest absolute Gasteiger partial charge is 0.146 e. The number of hydrogen-bond acceptors (Lipinski definition) is 0. The first-order valence-electron chi connectivity index (χ1n) is 8.11. The topological polar surface area (TPSA) is 0 Å². The van der Waals surface area contributed by atoms with E-state index in [-0.39, 0.29) is 0 Å². The van der Waals surface area contributed by atoms with Gasteiger partial charge in [-0.2, -0.15) is 0 Å². The molecule has 3 heteroatoms. The number of rotatable bonds is 14. The zero-order chi connectivity index (χ0) is 14.4. The molecule has 114 valence electrons. The quantitative estimate of drug-likeness (QED) is 0.135. The van der Waals surface area contributed by atoms with Gasteiger partial charge in [-0.25, -0.2) is 0 Å². The van der Waals surface area contributed by atoms with Gasteiger partial charge in [-0.15, -0.1) is 28.7 Å². The van der Waals surface area contributed by atoms with E-state index in [0.29, 0.717) is 0 Å². The lowest BCUT2D eigenvalue weighted by Gasteiger charge is -2.16. The average Bonchev–Trinajstić information content (AvgIpc) is 2.38. The van der Waals surface area contributed by atoms with E-state index >= 15 is 0 Å². The maximum Gasteiger partial charge on any atom is 0.251 e. The monoisotopic (exact) mass is 322 g/mol. The van der Waals surface area contributed by atoms with Gasteiger partial charge in [0.25, 0.3) is 6.69 Å². The molecular weight excluding hydrogens is 291 g/mol. The second kappa shape index (κ2) is 13.5. The Morgan fingerprint density at radius 1 is 0.789 bits per heavy atom. The molecule has 19 heavy (non-hydrogen) atoms. The van der Waals surface area contributed by atoms with E-state index in [1.54, 1.807) is 0 Å². The first-order valence-corrected chi connectivity index (χ1v) is 12.5. The molecule has 0 nitrogen and oxygen atoms in total. The minimum absolute atomic E-state index is 1.09. The van der Waals surface area contributed by atoms with Crippen LogP contribution in [0, 0.1) is 0 Å². The van der Waals surface area contributed by atoms with Crippen LogP contribution in [-0.2, 0) is 0 Å². The lowest BCUT2D eigenvalue weighted by molar-refractivity contribution is 0.610. The summed E-state index contributed by atoms with van der Waals surface area (Å²) in [5.74, 6) is 0. The van der Waals surface area contributed by atoms with Gasteiger partial charge < -0.3 is 0 Å². The number of unbranched alkanes of at least 4 members (excludes halogenated alkanes) is 9. The molecule has 0 fully saturated rings. The zero-order valence-corrected chi connectivity index (χ0v) is 15.2. The summed E-state index contributed by atoms with van der Waals surface area (Å²) in [4.78, 5) is 0. The molecule has 0 aromatic carbocycles. The Hall–Kier alpha value is 0.537. The summed E-state index contributed by atoms with van der Waals surface area (Å²) in [5, 5.41) is 0. The van der Waals surface area contributed by atoms with Crippen LogP contribution in [0.25, 0.3) is 0 Å². The minimum atomic E-state index is -1.90. The van der Waals surface area contributed by atoms with Crippen molar-refractivity contribution in [2.75, 3.05) is 0 Å². The number of allylic oxidation sites excluding steroid dienone is 1. The lowest BCUT2D eigenvalue weighted by atomic mass is 10.1. The third kappa shape index (κ3) is 14.8. The van der Waals surface area contributed by atoms with Gasteiger partial charge in [0, 0.05) is 0 Å². The van der Waals surface area contributed by atoms with Crippen LogP contribution in [0.3, 0.4) is 0 Å². The summed E-state index contributed by atoms with van der Waals surface area (Å²) >= 11 is 13.0. The summed E-state index contributed by atoms with van der Waals surface area (Å²) in [5.41, 5.74) is 0. The van der Waals surface area contributed by atoms with Gasteiger partial charge >= 0.3 is 0 Å². The van der Waals surface area contributed by atoms with Gasteiger partial charge in [0.2, 0.25) is 0 Å². The number of halogens is 2. The SMILES string of the molecule is C=CCCCCCCCC[Si](Cl)(Cl)CCCCCC. The van der Waals surface area contributed by atoms with Crippen LogP contribution in [0.5, 0.6) is 0 Å². The zero-order valence-electron chi connectivity index (χ0n) is 12.7. The Morgan fingerprint density at radius 2 is 1.26 bits per heavy atom. The van der Waals surface area contributed by atoms with Crippen molar-refractivity contribution in [2.24, 2.45) is 0 Å². The summed E-state index contributed by atoms with van der Waals surface area (Å²) < 4.78 is 0. The molecule has 0 aliphatic carbocycles. The molecular formula is C16H32Cl2Si. The molecule has 0 bridgehead atoms. The maximum absolute atomic E-state index is 6.49. The molecule has 0 saturated carbocycles. The molecule has 0 spiro atoms. The van der Waals surface area contributed by atoms with Gasteiger partial charge in [-0.3, -0.25) is 0 Å². The van der Waals surface area contributed by atoms with E-state index in [9.17, 15) is 0 Å². The third-order valence-electron chi connectivity index (χ3n) is 3.60. The van der Waals surface area contributed by atoms with E-state index in [1.807, 2.05) is 6.08 Å². The van der Waals surface area contributed by atoms with E-state index in [1.165, 1.54) is 64.2 Å². The molecule has 0 radical (unpaired) electrons. The Kier molecular flexibility index (Phi) is 13.9. The molecule has 0 N–H and O–H groups in total. The Morgan fingerprint density at radius 3 is 1.79 bits per heavy atom. The van der Waals surface area contributed by atoms with Gasteiger partial charge in [0.05, 0.1) is 0 Å². The van der Waals surface area contributed by atoms with Gasteiger partial charge in [-0.1, -0.05) is 70.8 Å². The van der Waals surface area contributed by atoms with E-state index < -0.39 is 6.69 Å². The van der Waals surface area contributed by atoms with Crippen LogP contribution in [0.1, 0.15) is 77.6 Å². The van der Waals surface area contributed by atoms with Crippen LogP contribution in [0.2, 0.25) is 12.1 Å². The summed E-state index contributed by atoms with van der Waals surface area (Å²) in [7, 11) is 0. The van der Waals surface area contributed by atoms with Crippen molar-refractivity contribution >= 4 is 28.9 Å². The van der Waals surface area contributed by atoms with Crippen molar-refractivity contribution in [3.05, 3.63) is 12.7 Å². The Labute approximate surface area is 131 Å². The fraction of sp³-hybridized carbons (Fsp3) is 0.875. The molecule has 0 aliphatic heterocycles. The highest BCUT2D eigenvalue weighted by molar-refractivity contribution is 7.45. The first-order chi connectivity index (χ1) is 9.12. The molecule has 0 heterocycles. The molecule has 0 amide bonds. The predicted octanol–water partition coefficient (Wildman–Crippen LogP) is 7.40. The van der Waals surface area contributed by atoms with Crippen LogP contribution < -0.4 is 0 Å². The van der Waals surface area contributed by atoms with E-state index in [4.69, 9.17) is 22.2 Å². The Bertz CT molecular complexity index is 205. The second-order valence-corrected chi connectivity index (χ2v) is 13.2. The fourth-order valence-corrected chi connectivity index (χ4v) is 5.70. The van der Waals surface area contributed by atoms with Crippen molar-refractivity contribution in [3.8, 4) is 0 Å². The molecule has 0 saturated heterocycles. The molecule has 0 aromatic heterocycles.